The van der Waals surface area contributed by atoms with Crippen LogP contribution in [0.3, 0.4) is 0 Å². The van der Waals surface area contributed by atoms with Crippen LogP contribution in [0.4, 0.5) is 0 Å². The number of para-hydroxylation sites is 1. The van der Waals surface area contributed by atoms with Gasteiger partial charge in [-0.2, -0.15) is 0 Å². The number of ether oxygens (including phenoxy) is 1. The second kappa shape index (κ2) is 16.8. The van der Waals surface area contributed by atoms with Gasteiger partial charge in [0, 0.05) is 31.3 Å². The number of nitrogens with zero attached hydrogens (tertiary/aromatic N) is 4. The third-order valence-corrected chi connectivity index (χ3v) is 14.6. The normalized spacial score (nSPS) is 14.2. The Kier molecular flexibility index (Phi) is 9.10. The van der Waals surface area contributed by atoms with Crippen molar-refractivity contribution < 1.29 is 17.5 Å². The van der Waals surface area contributed by atoms with Crippen LogP contribution in [0.25, 0.3) is 94.5 Å². The number of aromatic nitrogens is 4. The molecule has 0 N–H and O–H groups in total. The fraction of sp³-hybridized carbons (Fsp3) is 0.206. The van der Waals surface area contributed by atoms with Crippen LogP contribution < -0.4 is 9.30 Å². The molecule has 0 unspecified atom stereocenters. The molecule has 0 atom stereocenters. The quantitative estimate of drug-likeness (QED) is 0.127. The standard InChI is InChI=1S/C68H62N4O/c1-42-20-18-21-43(2)63(42)44-34-56-52-26-14-12-24-50(52)51-25-13-15-27-53(51)57-36-46(67(6,7)8)37-61-65(57)71(64(56)58(35-44)68(9,10)11)41-70(61)47-22-19-23-48(39-47)73-49-30-31-55-54-28-16-17-29-59(54)72(60(55)40-49)62-38-45(32-33-69-62)66(3,4)5/h12-40H,1-11H3/i1D3,2D3. The van der Waals surface area contributed by atoms with E-state index in [0.717, 1.165) is 94.5 Å². The zero-order valence-electron chi connectivity index (χ0n) is 48.9. The van der Waals surface area contributed by atoms with Crippen molar-refractivity contribution in [1.29, 1.82) is 0 Å². The molecule has 4 heterocycles. The van der Waals surface area contributed by atoms with Crippen LogP contribution in [0, 0.1) is 20.0 Å². The monoisotopic (exact) mass is 957 g/mol. The Hall–Kier alpha value is -8.02. The van der Waals surface area contributed by atoms with E-state index in [1.54, 1.807) is 6.07 Å². The molecule has 0 aliphatic carbocycles. The molecule has 11 aromatic rings. The van der Waals surface area contributed by atoms with Gasteiger partial charge in [-0.15, -0.1) is 0 Å². The van der Waals surface area contributed by atoms with E-state index in [-0.39, 0.29) is 27.5 Å². The Labute approximate surface area is 438 Å². The Bertz CT molecular complexity index is 4240. The number of aryl methyl sites for hydroxylation is 2. The summed E-state index contributed by atoms with van der Waals surface area (Å²) in [6.07, 6.45) is 5.84. The largest absolute Gasteiger partial charge is 0.458 e. The molecule has 0 amide bonds. The van der Waals surface area contributed by atoms with Gasteiger partial charge in [-0.05, 0) is 163 Å². The van der Waals surface area contributed by atoms with E-state index in [2.05, 4.69) is 198 Å². The fourth-order valence-corrected chi connectivity index (χ4v) is 10.9. The number of hydrogen-bond donors (Lipinski definition) is 0. The molecule has 0 saturated carbocycles. The molecule has 0 bridgehead atoms. The van der Waals surface area contributed by atoms with E-state index in [1.807, 2.05) is 42.6 Å². The van der Waals surface area contributed by atoms with Gasteiger partial charge in [-0.1, -0.05) is 165 Å². The lowest BCUT2D eigenvalue weighted by Gasteiger charge is -2.28. The molecular weight excluding hydrogens is 889 g/mol. The summed E-state index contributed by atoms with van der Waals surface area (Å²) >= 11 is 0. The summed E-state index contributed by atoms with van der Waals surface area (Å²) in [6.45, 7) is 14.6. The van der Waals surface area contributed by atoms with Crippen molar-refractivity contribution in [3.05, 3.63) is 210 Å². The number of benzene rings is 8. The first-order chi connectivity index (χ1) is 37.3. The summed E-state index contributed by atoms with van der Waals surface area (Å²) in [5.41, 5.74) is 14.4. The van der Waals surface area contributed by atoms with Gasteiger partial charge in [0.1, 0.15) is 17.3 Å². The molecule has 12 rings (SSSR count). The highest BCUT2D eigenvalue weighted by molar-refractivity contribution is 6.09. The van der Waals surface area contributed by atoms with Crippen molar-refractivity contribution in [2.24, 2.45) is 0 Å². The lowest BCUT2D eigenvalue weighted by Crippen LogP contribution is -2.35. The minimum Gasteiger partial charge on any atom is -0.458 e. The fourth-order valence-electron chi connectivity index (χ4n) is 10.9. The minimum absolute atomic E-state index is 0.0113. The van der Waals surface area contributed by atoms with E-state index < -0.39 is 19.1 Å². The molecule has 0 radical (unpaired) electrons. The van der Waals surface area contributed by atoms with Crippen LogP contribution in [0.1, 0.15) is 98.4 Å². The average molecular weight is 957 g/mol. The molecule has 5 heteroatoms. The summed E-state index contributed by atoms with van der Waals surface area (Å²) in [4.78, 5) is 4.91. The molecule has 1 aliphatic rings. The number of pyridine rings is 1. The van der Waals surface area contributed by atoms with Gasteiger partial charge in [0.05, 0.1) is 33.4 Å². The number of rotatable bonds is 5. The number of hydrogen-bond acceptors (Lipinski definition) is 2. The highest BCUT2D eigenvalue weighted by Crippen LogP contribution is 2.48. The third kappa shape index (κ3) is 7.76. The Morgan fingerprint density at radius 3 is 1.82 bits per heavy atom. The minimum atomic E-state index is -2.60. The van der Waals surface area contributed by atoms with Gasteiger partial charge < -0.3 is 4.74 Å². The van der Waals surface area contributed by atoms with Crippen molar-refractivity contribution in [3.8, 4) is 73.2 Å². The summed E-state index contributed by atoms with van der Waals surface area (Å²) in [7, 11) is 0. The maximum atomic E-state index is 8.74. The molecule has 1 aliphatic heterocycles. The van der Waals surface area contributed by atoms with Crippen LogP contribution in [0.15, 0.2) is 176 Å². The van der Waals surface area contributed by atoms with Gasteiger partial charge in [0.25, 0.3) is 6.33 Å². The summed E-state index contributed by atoms with van der Waals surface area (Å²) in [6, 6.07) is 57.2. The van der Waals surface area contributed by atoms with E-state index in [4.69, 9.17) is 17.9 Å². The maximum absolute atomic E-state index is 8.74. The first-order valence-corrected chi connectivity index (χ1v) is 25.2. The lowest BCUT2D eigenvalue weighted by molar-refractivity contribution is -0.572. The summed E-state index contributed by atoms with van der Waals surface area (Å²) in [5, 5.41) is 2.23. The van der Waals surface area contributed by atoms with Crippen LogP contribution in [0.2, 0.25) is 0 Å². The Morgan fingerprint density at radius 2 is 1.14 bits per heavy atom. The average Bonchev–Trinajstić information content (AvgIpc) is 3.66. The molecule has 5 nitrogen and oxygen atoms in total. The van der Waals surface area contributed by atoms with Gasteiger partial charge in [-0.25, -0.2) is 4.98 Å². The van der Waals surface area contributed by atoms with Crippen molar-refractivity contribution in [2.45, 2.75) is 92.3 Å². The van der Waals surface area contributed by atoms with Crippen molar-refractivity contribution >= 4 is 32.8 Å². The van der Waals surface area contributed by atoms with E-state index >= 15 is 0 Å². The van der Waals surface area contributed by atoms with Gasteiger partial charge in [0.15, 0.2) is 0 Å². The lowest BCUT2D eigenvalue weighted by atomic mass is 9.79. The molecule has 3 aromatic heterocycles. The zero-order chi connectivity index (χ0) is 55.7. The first-order valence-electron chi connectivity index (χ1n) is 28.2. The number of fused-ring (bicyclic) bond motifs is 10. The smallest absolute Gasteiger partial charge is 0.269 e. The van der Waals surface area contributed by atoms with Crippen molar-refractivity contribution in [3.63, 3.8) is 0 Å². The molecule has 8 aromatic carbocycles. The molecule has 0 spiro atoms. The Morgan fingerprint density at radius 1 is 0.507 bits per heavy atom. The predicted octanol–water partition coefficient (Wildman–Crippen LogP) is 17.5. The van der Waals surface area contributed by atoms with Crippen molar-refractivity contribution in [1.82, 2.24) is 14.1 Å². The van der Waals surface area contributed by atoms with Gasteiger partial charge >= 0.3 is 0 Å². The van der Waals surface area contributed by atoms with E-state index in [0.29, 0.717) is 17.1 Å². The number of imidazole rings is 1. The molecular formula is C68H62N4O. The third-order valence-electron chi connectivity index (χ3n) is 14.6. The second-order valence-electron chi connectivity index (χ2n) is 22.7. The molecule has 0 saturated heterocycles. The van der Waals surface area contributed by atoms with Crippen LogP contribution in [0.5, 0.6) is 11.5 Å². The highest BCUT2D eigenvalue weighted by Gasteiger charge is 2.32. The summed E-state index contributed by atoms with van der Waals surface area (Å²) in [5.74, 6) is 2.15. The SMILES string of the molecule is [2H]C([2H])([2H])c1cccc(C([2H])([2H])[2H])c1-c1cc2c(c(C(C)(C)C)c1)-[n+]1[c-]n(-c3cccc(Oc4ccc5c6ccccc6n(-c6cc(C(C)(C)C)ccn6)c5c4)c3)c3cc(C(C)(C)C)cc(c31)-c1ccccc1-c1ccccc1-2. The van der Waals surface area contributed by atoms with Gasteiger partial charge in [0.2, 0.25) is 0 Å². The zero-order valence-corrected chi connectivity index (χ0v) is 42.9. The second-order valence-corrected chi connectivity index (χ2v) is 22.7. The predicted molar refractivity (Wildman–Crippen MR) is 303 cm³/mol. The van der Waals surface area contributed by atoms with Crippen molar-refractivity contribution in [2.75, 3.05) is 0 Å². The topological polar surface area (TPSA) is 35.9 Å². The highest BCUT2D eigenvalue weighted by atomic mass is 16.5. The first kappa shape index (κ1) is 39.6. The molecule has 0 fully saturated rings. The Balaban J connectivity index is 1.12. The van der Waals surface area contributed by atoms with Gasteiger partial charge in [-0.3, -0.25) is 13.7 Å². The van der Waals surface area contributed by atoms with Crippen LogP contribution >= 0.6 is 0 Å². The summed E-state index contributed by atoms with van der Waals surface area (Å²) < 4.78 is 65.9. The van der Waals surface area contributed by atoms with Crippen LogP contribution in [-0.4, -0.2) is 14.1 Å². The maximum Gasteiger partial charge on any atom is 0.269 e. The van der Waals surface area contributed by atoms with E-state index in [9.17, 15) is 0 Å². The van der Waals surface area contributed by atoms with E-state index in [1.165, 1.54) is 17.7 Å². The van der Waals surface area contributed by atoms with Crippen LogP contribution in [-0.2, 0) is 16.2 Å². The molecule has 73 heavy (non-hydrogen) atoms. The molecule has 360 valence electrons.